The lowest BCUT2D eigenvalue weighted by Gasteiger charge is -1.99. The molecular weight excluding hydrogens is 228 g/mol. The van der Waals surface area contributed by atoms with E-state index in [9.17, 15) is 4.79 Å². The number of hydrogen-bond donors (Lipinski definition) is 0. The minimum absolute atomic E-state index is 0.277. The number of rotatable bonds is 5. The minimum atomic E-state index is 0.277. The first kappa shape index (κ1) is 12.0. The Hall–Kier alpha value is -2.49. The fourth-order valence-electron chi connectivity index (χ4n) is 1.40. The van der Waals surface area contributed by atoms with E-state index in [1.165, 1.54) is 0 Å². The zero-order valence-corrected chi connectivity index (χ0v) is 9.69. The van der Waals surface area contributed by atoms with Gasteiger partial charge in [0.25, 0.3) is 6.47 Å². The van der Waals surface area contributed by atoms with E-state index < -0.39 is 0 Å². The highest BCUT2D eigenvalue weighted by Gasteiger charge is 1.94. The molecule has 2 aromatic rings. The Morgan fingerprint density at radius 2 is 1.50 bits per heavy atom. The van der Waals surface area contributed by atoms with E-state index >= 15 is 0 Å². The first-order valence-electron chi connectivity index (χ1n) is 5.49. The highest BCUT2D eigenvalue weighted by atomic mass is 16.5. The number of ether oxygens (including phenoxy) is 1. The molecule has 0 bridgehead atoms. The van der Waals surface area contributed by atoms with Gasteiger partial charge in [0.15, 0.2) is 0 Å². The summed E-state index contributed by atoms with van der Waals surface area (Å²) in [5.74, 6) is 0. The van der Waals surface area contributed by atoms with Crippen LogP contribution >= 0.6 is 0 Å². The van der Waals surface area contributed by atoms with Crippen molar-refractivity contribution in [1.29, 1.82) is 0 Å². The molecule has 0 aromatic heterocycles. The topological polar surface area (TPSA) is 51.0 Å². The van der Waals surface area contributed by atoms with Crippen LogP contribution < -0.4 is 0 Å². The van der Waals surface area contributed by atoms with E-state index in [1.54, 1.807) is 0 Å². The molecule has 0 radical (unpaired) electrons. The molecule has 2 rings (SSSR count). The van der Waals surface area contributed by atoms with E-state index in [-0.39, 0.29) is 6.61 Å². The summed E-state index contributed by atoms with van der Waals surface area (Å²) in [4.78, 5) is 10.0. The molecule has 4 nitrogen and oxygen atoms in total. The summed E-state index contributed by atoms with van der Waals surface area (Å²) in [6, 6.07) is 16.9. The quantitative estimate of drug-likeness (QED) is 0.590. The van der Waals surface area contributed by atoms with Gasteiger partial charge >= 0.3 is 0 Å². The summed E-state index contributed by atoms with van der Waals surface area (Å²) >= 11 is 0. The van der Waals surface area contributed by atoms with Crippen LogP contribution in [0.4, 0.5) is 11.4 Å². The number of azo groups is 1. The van der Waals surface area contributed by atoms with Crippen LogP contribution in [-0.4, -0.2) is 6.47 Å². The van der Waals surface area contributed by atoms with Gasteiger partial charge in [0.05, 0.1) is 11.4 Å². The van der Waals surface area contributed by atoms with Gasteiger partial charge in [-0.1, -0.05) is 30.3 Å². The summed E-state index contributed by atoms with van der Waals surface area (Å²) in [5.41, 5.74) is 2.49. The third-order valence-corrected chi connectivity index (χ3v) is 2.29. The van der Waals surface area contributed by atoms with E-state index in [0.29, 0.717) is 6.47 Å². The highest BCUT2D eigenvalue weighted by Crippen LogP contribution is 2.18. The predicted molar refractivity (Wildman–Crippen MR) is 67.9 cm³/mol. The number of carbonyl (C=O) groups is 1. The largest absolute Gasteiger partial charge is 0.463 e. The normalized spacial score (nSPS) is 10.4. The summed E-state index contributed by atoms with van der Waals surface area (Å²) in [7, 11) is 0. The third-order valence-electron chi connectivity index (χ3n) is 2.29. The van der Waals surface area contributed by atoms with Crippen molar-refractivity contribution in [2.45, 2.75) is 6.61 Å². The van der Waals surface area contributed by atoms with Crippen LogP contribution in [0.3, 0.4) is 0 Å². The zero-order chi connectivity index (χ0) is 12.6. The van der Waals surface area contributed by atoms with E-state index in [1.807, 2.05) is 54.6 Å². The van der Waals surface area contributed by atoms with Crippen molar-refractivity contribution in [3.05, 3.63) is 60.2 Å². The molecule has 0 aliphatic carbocycles. The molecule has 0 atom stereocenters. The molecule has 4 heteroatoms. The molecular formula is C14H12N2O2. The monoisotopic (exact) mass is 240 g/mol. The lowest BCUT2D eigenvalue weighted by Crippen LogP contribution is -1.88. The standard InChI is InChI=1S/C14H12N2O2/c17-11-18-10-12-6-8-14(9-7-12)16-15-13-4-2-1-3-5-13/h1-9,11H,10H2. The van der Waals surface area contributed by atoms with E-state index in [0.717, 1.165) is 16.9 Å². The zero-order valence-electron chi connectivity index (χ0n) is 9.69. The molecule has 0 aliphatic heterocycles. The molecule has 18 heavy (non-hydrogen) atoms. The predicted octanol–water partition coefficient (Wildman–Crippen LogP) is 3.78. The van der Waals surface area contributed by atoms with Crippen molar-refractivity contribution in [3.63, 3.8) is 0 Å². The van der Waals surface area contributed by atoms with Gasteiger partial charge in [-0.25, -0.2) is 0 Å². The van der Waals surface area contributed by atoms with Crippen LogP contribution in [0.2, 0.25) is 0 Å². The summed E-state index contributed by atoms with van der Waals surface area (Å²) in [5, 5.41) is 8.22. The molecule has 2 aromatic carbocycles. The Morgan fingerprint density at radius 1 is 0.889 bits per heavy atom. The molecule has 0 heterocycles. The average molecular weight is 240 g/mol. The van der Waals surface area contributed by atoms with Crippen LogP contribution in [0.1, 0.15) is 5.56 Å². The first-order valence-corrected chi connectivity index (χ1v) is 5.49. The Kier molecular flexibility index (Phi) is 4.19. The van der Waals surface area contributed by atoms with Crippen LogP contribution in [-0.2, 0) is 16.1 Å². The van der Waals surface area contributed by atoms with E-state index in [2.05, 4.69) is 15.0 Å². The SMILES string of the molecule is O=COCc1ccc(N=Nc2ccccc2)cc1. The van der Waals surface area contributed by atoms with Crippen LogP contribution in [0.25, 0.3) is 0 Å². The first-order chi connectivity index (χ1) is 8.88. The Bertz CT molecular complexity index is 521. The van der Waals surface area contributed by atoms with Gasteiger partial charge in [-0.3, -0.25) is 4.79 Å². The molecule has 0 fully saturated rings. The fraction of sp³-hybridized carbons (Fsp3) is 0.0714. The van der Waals surface area contributed by atoms with Crippen molar-refractivity contribution in [3.8, 4) is 0 Å². The number of nitrogens with zero attached hydrogens (tertiary/aromatic N) is 2. The molecule has 0 aliphatic rings. The molecule has 0 N–H and O–H groups in total. The van der Waals surface area contributed by atoms with Crippen molar-refractivity contribution in [2.24, 2.45) is 10.2 Å². The minimum Gasteiger partial charge on any atom is -0.463 e. The maximum atomic E-state index is 10.0. The Labute approximate surface area is 105 Å². The highest BCUT2D eigenvalue weighted by molar-refractivity contribution is 5.41. The molecule has 0 amide bonds. The number of benzene rings is 2. The molecule has 0 spiro atoms. The van der Waals surface area contributed by atoms with Gasteiger partial charge in [-0.2, -0.15) is 10.2 Å². The van der Waals surface area contributed by atoms with Crippen molar-refractivity contribution < 1.29 is 9.53 Å². The van der Waals surface area contributed by atoms with Gasteiger partial charge in [-0.05, 0) is 29.8 Å². The third kappa shape index (κ3) is 3.52. The second kappa shape index (κ2) is 6.30. The maximum absolute atomic E-state index is 10.0. The van der Waals surface area contributed by atoms with Crippen LogP contribution in [0.5, 0.6) is 0 Å². The Morgan fingerprint density at radius 3 is 2.11 bits per heavy atom. The van der Waals surface area contributed by atoms with E-state index in [4.69, 9.17) is 0 Å². The van der Waals surface area contributed by atoms with Gasteiger partial charge in [0.1, 0.15) is 6.61 Å². The van der Waals surface area contributed by atoms with Crippen LogP contribution in [0.15, 0.2) is 64.8 Å². The van der Waals surface area contributed by atoms with Crippen molar-refractivity contribution >= 4 is 17.8 Å². The maximum Gasteiger partial charge on any atom is 0.293 e. The lowest BCUT2D eigenvalue weighted by molar-refractivity contribution is -0.129. The molecule has 0 unspecified atom stereocenters. The van der Waals surface area contributed by atoms with Crippen molar-refractivity contribution in [2.75, 3.05) is 0 Å². The number of hydrogen-bond acceptors (Lipinski definition) is 4. The van der Waals surface area contributed by atoms with Gasteiger partial charge in [0, 0.05) is 0 Å². The smallest absolute Gasteiger partial charge is 0.293 e. The number of carbonyl (C=O) groups excluding carboxylic acids is 1. The van der Waals surface area contributed by atoms with Crippen LogP contribution in [0, 0.1) is 0 Å². The van der Waals surface area contributed by atoms with Gasteiger partial charge in [-0.15, -0.1) is 0 Å². The molecule has 0 saturated heterocycles. The Balaban J connectivity index is 2.02. The summed E-state index contributed by atoms with van der Waals surface area (Å²) in [6.45, 7) is 0.711. The second-order valence-corrected chi connectivity index (χ2v) is 3.61. The fourth-order valence-corrected chi connectivity index (χ4v) is 1.40. The van der Waals surface area contributed by atoms with Crippen molar-refractivity contribution in [1.82, 2.24) is 0 Å². The van der Waals surface area contributed by atoms with Gasteiger partial charge in [0.2, 0.25) is 0 Å². The van der Waals surface area contributed by atoms with Gasteiger partial charge < -0.3 is 4.74 Å². The summed E-state index contributed by atoms with van der Waals surface area (Å²) < 4.78 is 4.65. The lowest BCUT2D eigenvalue weighted by atomic mass is 10.2. The summed E-state index contributed by atoms with van der Waals surface area (Å²) in [6.07, 6.45) is 0. The second-order valence-electron chi connectivity index (χ2n) is 3.61. The molecule has 0 saturated carbocycles. The molecule has 90 valence electrons. The average Bonchev–Trinajstić information content (AvgIpc) is 2.45.